The maximum Gasteiger partial charge on any atom is 0.307 e. The van der Waals surface area contributed by atoms with Crippen LogP contribution in [0.4, 0.5) is 20.2 Å². The Bertz CT molecular complexity index is 629. The smallest absolute Gasteiger partial charge is 0.307 e. The van der Waals surface area contributed by atoms with Gasteiger partial charge in [0.25, 0.3) is 0 Å². The molecule has 5 nitrogen and oxygen atoms in total. The topological polar surface area (TPSA) is 68.3 Å². The molecule has 1 N–H and O–H groups in total. The molecule has 112 valence electrons. The second kappa shape index (κ2) is 6.34. The van der Waals surface area contributed by atoms with Gasteiger partial charge in [-0.3, -0.25) is 10.1 Å². The number of rotatable bonds is 6. The summed E-state index contributed by atoms with van der Waals surface area (Å²) >= 11 is 0. The molecular formula is C14H14F2N2O3. The summed E-state index contributed by atoms with van der Waals surface area (Å²) in [5.74, 6) is -1.25. The second-order valence-corrected chi connectivity index (χ2v) is 4.70. The van der Waals surface area contributed by atoms with Gasteiger partial charge in [0, 0.05) is 24.6 Å². The number of hydrogen-bond acceptors (Lipinski definition) is 4. The summed E-state index contributed by atoms with van der Waals surface area (Å²) in [7, 11) is 0. The van der Waals surface area contributed by atoms with E-state index in [4.69, 9.17) is 4.42 Å². The third kappa shape index (κ3) is 3.77. The second-order valence-electron chi connectivity index (χ2n) is 4.70. The minimum absolute atomic E-state index is 0.0879. The molecule has 0 fully saturated rings. The highest BCUT2D eigenvalue weighted by atomic mass is 19.1. The maximum atomic E-state index is 13.6. The minimum Gasteiger partial charge on any atom is -0.469 e. The molecule has 1 unspecified atom stereocenters. The zero-order valence-corrected chi connectivity index (χ0v) is 11.3. The zero-order chi connectivity index (χ0) is 15.4. The van der Waals surface area contributed by atoms with Gasteiger partial charge >= 0.3 is 5.69 Å². The van der Waals surface area contributed by atoms with Crippen LogP contribution in [0.2, 0.25) is 0 Å². The highest BCUT2D eigenvalue weighted by molar-refractivity contribution is 5.53. The van der Waals surface area contributed by atoms with Gasteiger partial charge in [-0.15, -0.1) is 0 Å². The molecule has 0 spiro atoms. The number of hydrogen-bond donors (Lipinski definition) is 1. The van der Waals surface area contributed by atoms with E-state index in [1.807, 2.05) is 6.07 Å². The van der Waals surface area contributed by atoms with Crippen LogP contribution in [-0.4, -0.2) is 11.0 Å². The molecular weight excluding hydrogens is 282 g/mol. The summed E-state index contributed by atoms with van der Waals surface area (Å²) in [6.07, 6.45) is 2.85. The molecule has 7 heteroatoms. The van der Waals surface area contributed by atoms with E-state index in [2.05, 4.69) is 5.32 Å². The van der Waals surface area contributed by atoms with E-state index in [1.165, 1.54) is 0 Å². The quantitative estimate of drug-likeness (QED) is 0.648. The first kappa shape index (κ1) is 15.0. The fraction of sp³-hybridized carbons (Fsp3) is 0.286. The van der Waals surface area contributed by atoms with Crippen molar-refractivity contribution in [2.75, 3.05) is 5.32 Å². The van der Waals surface area contributed by atoms with Crippen molar-refractivity contribution >= 4 is 11.4 Å². The predicted molar refractivity (Wildman–Crippen MR) is 73.1 cm³/mol. The van der Waals surface area contributed by atoms with Crippen molar-refractivity contribution in [2.45, 2.75) is 25.8 Å². The van der Waals surface area contributed by atoms with E-state index in [0.717, 1.165) is 11.8 Å². The Morgan fingerprint density at radius 1 is 1.38 bits per heavy atom. The molecule has 1 aromatic carbocycles. The van der Waals surface area contributed by atoms with Crippen molar-refractivity contribution in [3.63, 3.8) is 0 Å². The molecule has 0 radical (unpaired) electrons. The third-order valence-corrected chi connectivity index (χ3v) is 3.04. The Balaban J connectivity index is 2.04. The van der Waals surface area contributed by atoms with Gasteiger partial charge in [-0.1, -0.05) is 0 Å². The van der Waals surface area contributed by atoms with Gasteiger partial charge in [0.15, 0.2) is 0 Å². The lowest BCUT2D eigenvalue weighted by Crippen LogP contribution is -2.17. The van der Waals surface area contributed by atoms with E-state index >= 15 is 0 Å². The van der Waals surface area contributed by atoms with E-state index < -0.39 is 22.2 Å². The first-order valence-corrected chi connectivity index (χ1v) is 6.39. The van der Waals surface area contributed by atoms with E-state index in [-0.39, 0.29) is 11.7 Å². The average Bonchev–Trinajstić information content (AvgIpc) is 2.92. The number of aryl methyl sites for hydroxylation is 1. The molecule has 0 aliphatic heterocycles. The van der Waals surface area contributed by atoms with Crippen molar-refractivity contribution in [3.05, 3.63) is 58.0 Å². The van der Waals surface area contributed by atoms with Crippen molar-refractivity contribution in [3.8, 4) is 0 Å². The lowest BCUT2D eigenvalue weighted by atomic mass is 10.1. The number of nitrogens with one attached hydrogen (secondary N) is 1. The van der Waals surface area contributed by atoms with Crippen LogP contribution in [0.1, 0.15) is 19.1 Å². The van der Waals surface area contributed by atoms with Crippen LogP contribution < -0.4 is 5.32 Å². The normalized spacial score (nSPS) is 12.1. The van der Waals surface area contributed by atoms with Gasteiger partial charge in [0.1, 0.15) is 11.6 Å². The Labute approximate surface area is 119 Å². The maximum absolute atomic E-state index is 13.6. The Morgan fingerprint density at radius 2 is 2.14 bits per heavy atom. The van der Waals surface area contributed by atoms with Gasteiger partial charge < -0.3 is 9.73 Å². The molecule has 2 aromatic rings. The van der Waals surface area contributed by atoms with Crippen molar-refractivity contribution in [1.29, 1.82) is 0 Å². The molecule has 1 heterocycles. The first-order valence-electron chi connectivity index (χ1n) is 6.39. The summed E-state index contributed by atoms with van der Waals surface area (Å²) in [6.45, 7) is 1.80. The molecule has 0 bridgehead atoms. The number of halogens is 2. The number of anilines is 1. The highest BCUT2D eigenvalue weighted by Crippen LogP contribution is 2.26. The van der Waals surface area contributed by atoms with Crippen LogP contribution in [0, 0.1) is 21.7 Å². The summed E-state index contributed by atoms with van der Waals surface area (Å²) < 4.78 is 32.0. The molecule has 0 aliphatic carbocycles. The number of nitrogens with zero attached hydrogens (tertiary/aromatic N) is 1. The number of benzene rings is 1. The molecule has 1 atom stereocenters. The Hall–Kier alpha value is -2.44. The fourth-order valence-corrected chi connectivity index (χ4v) is 1.94. The van der Waals surface area contributed by atoms with Crippen molar-refractivity contribution in [1.82, 2.24) is 0 Å². The molecule has 0 amide bonds. The van der Waals surface area contributed by atoms with Gasteiger partial charge in [-0.2, -0.15) is 4.39 Å². The van der Waals surface area contributed by atoms with Gasteiger partial charge in [0.2, 0.25) is 5.82 Å². The Morgan fingerprint density at radius 3 is 2.76 bits per heavy atom. The summed E-state index contributed by atoms with van der Waals surface area (Å²) in [4.78, 5) is 9.77. The summed E-state index contributed by atoms with van der Waals surface area (Å²) in [6, 6.07) is 4.83. The van der Waals surface area contributed by atoms with Crippen LogP contribution in [0.25, 0.3) is 0 Å². The SMILES string of the molecule is CC(CCc1ccco1)Nc1cc([N+](=O)[O-])c(F)cc1F. The lowest BCUT2D eigenvalue weighted by molar-refractivity contribution is -0.387. The third-order valence-electron chi connectivity index (χ3n) is 3.04. The summed E-state index contributed by atoms with van der Waals surface area (Å²) in [5.41, 5.74) is -0.841. The van der Waals surface area contributed by atoms with Crippen LogP contribution in [-0.2, 0) is 6.42 Å². The highest BCUT2D eigenvalue weighted by Gasteiger charge is 2.19. The standard InChI is InChI=1S/C14H14F2N2O3/c1-9(4-5-10-3-2-6-21-10)17-13-8-14(18(19)20)12(16)7-11(13)15/h2-3,6-9,17H,4-5H2,1H3. The molecule has 0 saturated heterocycles. The minimum atomic E-state index is -1.19. The number of nitro groups is 1. The molecule has 0 aliphatic rings. The molecule has 1 aromatic heterocycles. The average molecular weight is 296 g/mol. The van der Waals surface area contributed by atoms with Crippen LogP contribution in [0.5, 0.6) is 0 Å². The lowest BCUT2D eigenvalue weighted by Gasteiger charge is -2.15. The van der Waals surface area contributed by atoms with Crippen LogP contribution in [0.15, 0.2) is 34.9 Å². The summed E-state index contributed by atoms with van der Waals surface area (Å²) in [5, 5.41) is 13.5. The first-order chi connectivity index (χ1) is 9.97. The zero-order valence-electron chi connectivity index (χ0n) is 11.3. The molecule has 2 rings (SSSR count). The Kier molecular flexibility index (Phi) is 4.52. The van der Waals surface area contributed by atoms with Crippen molar-refractivity contribution in [2.24, 2.45) is 0 Å². The fourth-order valence-electron chi connectivity index (χ4n) is 1.94. The van der Waals surface area contributed by atoms with Crippen LogP contribution >= 0.6 is 0 Å². The van der Waals surface area contributed by atoms with Crippen LogP contribution in [0.3, 0.4) is 0 Å². The monoisotopic (exact) mass is 296 g/mol. The number of nitro benzene ring substituents is 1. The van der Waals surface area contributed by atoms with Gasteiger partial charge in [0.05, 0.1) is 16.9 Å². The van der Waals surface area contributed by atoms with Gasteiger partial charge in [-0.05, 0) is 25.5 Å². The van der Waals surface area contributed by atoms with Gasteiger partial charge in [-0.25, -0.2) is 4.39 Å². The van der Waals surface area contributed by atoms with E-state index in [0.29, 0.717) is 18.9 Å². The number of furan rings is 1. The van der Waals surface area contributed by atoms with E-state index in [1.54, 1.807) is 19.3 Å². The predicted octanol–water partition coefficient (Wildman–Crippen LogP) is 3.90. The van der Waals surface area contributed by atoms with Crippen molar-refractivity contribution < 1.29 is 18.1 Å². The van der Waals surface area contributed by atoms with E-state index in [9.17, 15) is 18.9 Å². The largest absolute Gasteiger partial charge is 0.469 e. The molecule has 21 heavy (non-hydrogen) atoms. The molecule has 0 saturated carbocycles.